The normalized spacial score (nSPS) is 30.2. The number of nitrogens with zero attached hydrogens (tertiary/aromatic N) is 4. The van der Waals surface area contributed by atoms with Crippen molar-refractivity contribution in [2.45, 2.75) is 57.5 Å². The van der Waals surface area contributed by atoms with Crippen LogP contribution in [0.3, 0.4) is 0 Å². The Morgan fingerprint density at radius 3 is 2.65 bits per heavy atom. The number of likely N-dealkylation sites (tertiary alicyclic amines) is 1. The zero-order valence-electron chi connectivity index (χ0n) is 10.9. The van der Waals surface area contributed by atoms with Gasteiger partial charge in [0.25, 0.3) is 0 Å². The van der Waals surface area contributed by atoms with Crippen LogP contribution in [0, 0.1) is 0 Å². The second kappa shape index (κ2) is 4.41. The Hall–Kier alpha value is -0.900. The maximum absolute atomic E-state index is 4.49. The van der Waals surface area contributed by atoms with Gasteiger partial charge >= 0.3 is 0 Å². The first kappa shape index (κ1) is 11.2. The molecule has 0 aromatic carbocycles. The number of rotatable bonds is 1. The molecule has 0 spiro atoms. The first-order valence-electron chi connectivity index (χ1n) is 6.90. The summed E-state index contributed by atoms with van der Waals surface area (Å²) < 4.78 is 2.39. The lowest BCUT2D eigenvalue weighted by molar-refractivity contribution is 0.173. The lowest BCUT2D eigenvalue weighted by Crippen LogP contribution is -2.32. The van der Waals surface area contributed by atoms with Crippen molar-refractivity contribution in [2.75, 3.05) is 13.6 Å². The van der Waals surface area contributed by atoms with Crippen molar-refractivity contribution in [3.05, 3.63) is 11.6 Å². The summed E-state index contributed by atoms with van der Waals surface area (Å²) in [6, 6.07) is 0.496. The van der Waals surface area contributed by atoms with Crippen LogP contribution in [0.4, 0.5) is 0 Å². The summed E-state index contributed by atoms with van der Waals surface area (Å²) in [5, 5.41) is 8.93. The fourth-order valence-corrected chi connectivity index (χ4v) is 3.25. The summed E-state index contributed by atoms with van der Waals surface area (Å²) in [5.41, 5.74) is 0. The largest absolute Gasteiger partial charge is 0.313 e. The molecular weight excluding hydrogens is 212 g/mol. The summed E-state index contributed by atoms with van der Waals surface area (Å²) in [4.78, 5) is 2.44. The molecule has 4 heteroatoms. The smallest absolute Gasteiger partial charge is 0.150 e. The van der Waals surface area contributed by atoms with Gasteiger partial charge in [-0.05, 0) is 39.3 Å². The van der Waals surface area contributed by atoms with E-state index >= 15 is 0 Å². The van der Waals surface area contributed by atoms with E-state index in [0.717, 1.165) is 6.54 Å². The summed E-state index contributed by atoms with van der Waals surface area (Å²) in [6.07, 6.45) is 6.43. The van der Waals surface area contributed by atoms with Crippen molar-refractivity contribution >= 4 is 0 Å². The minimum absolute atomic E-state index is 0.496. The minimum atomic E-state index is 0.496. The van der Waals surface area contributed by atoms with E-state index in [9.17, 15) is 0 Å². The molecule has 3 rings (SSSR count). The molecule has 0 saturated carbocycles. The number of piperidine rings is 1. The Kier molecular flexibility index (Phi) is 2.90. The third-order valence-corrected chi connectivity index (χ3v) is 4.34. The molecule has 0 bridgehead atoms. The first-order chi connectivity index (χ1) is 8.27. The predicted octanol–water partition coefficient (Wildman–Crippen LogP) is 2.33. The van der Waals surface area contributed by atoms with Crippen LogP contribution in [0.25, 0.3) is 0 Å². The summed E-state index contributed by atoms with van der Waals surface area (Å²) in [5.74, 6) is 3.01. The van der Waals surface area contributed by atoms with Crippen LogP contribution in [0.15, 0.2) is 0 Å². The van der Waals surface area contributed by atoms with Crippen molar-refractivity contribution in [1.82, 2.24) is 19.7 Å². The Morgan fingerprint density at radius 2 is 1.82 bits per heavy atom. The molecule has 1 aromatic heterocycles. The van der Waals surface area contributed by atoms with E-state index in [4.69, 9.17) is 0 Å². The van der Waals surface area contributed by atoms with E-state index in [0.29, 0.717) is 12.0 Å². The molecule has 0 aliphatic carbocycles. The van der Waals surface area contributed by atoms with Crippen molar-refractivity contribution in [1.29, 1.82) is 0 Å². The second-order valence-electron chi connectivity index (χ2n) is 5.60. The van der Waals surface area contributed by atoms with E-state index < -0.39 is 0 Å². The van der Waals surface area contributed by atoms with Gasteiger partial charge < -0.3 is 4.57 Å². The van der Waals surface area contributed by atoms with Gasteiger partial charge in [0.05, 0.1) is 6.04 Å². The highest BCUT2D eigenvalue weighted by Crippen LogP contribution is 2.32. The van der Waals surface area contributed by atoms with E-state index in [-0.39, 0.29) is 0 Å². The number of aromatic nitrogens is 3. The van der Waals surface area contributed by atoms with Gasteiger partial charge in [0.1, 0.15) is 11.6 Å². The summed E-state index contributed by atoms with van der Waals surface area (Å²) in [7, 11) is 2.22. The molecule has 2 aliphatic heterocycles. The molecule has 2 aliphatic rings. The first-order valence-corrected chi connectivity index (χ1v) is 6.90. The average Bonchev–Trinajstić information content (AvgIpc) is 2.75. The third kappa shape index (κ3) is 1.88. The standard InChI is InChI=1S/C13H22N4/c1-10-6-5-9-17-12(10)14-15-13(17)11-7-3-4-8-16(11)2/h10-11H,3-9H2,1-2H3. The Balaban J connectivity index is 1.92. The van der Waals surface area contributed by atoms with Crippen LogP contribution < -0.4 is 0 Å². The number of hydrogen-bond acceptors (Lipinski definition) is 3. The minimum Gasteiger partial charge on any atom is -0.313 e. The highest BCUT2D eigenvalue weighted by atomic mass is 15.3. The van der Waals surface area contributed by atoms with Crippen LogP contribution in [0.1, 0.15) is 62.6 Å². The average molecular weight is 234 g/mol. The third-order valence-electron chi connectivity index (χ3n) is 4.34. The molecule has 2 atom stereocenters. The maximum Gasteiger partial charge on any atom is 0.150 e. The van der Waals surface area contributed by atoms with E-state index in [2.05, 4.69) is 33.6 Å². The van der Waals surface area contributed by atoms with E-state index in [1.54, 1.807) is 0 Å². The topological polar surface area (TPSA) is 34.0 Å². The second-order valence-corrected chi connectivity index (χ2v) is 5.60. The van der Waals surface area contributed by atoms with Crippen LogP contribution in [0.2, 0.25) is 0 Å². The highest BCUT2D eigenvalue weighted by Gasteiger charge is 2.29. The molecule has 0 amide bonds. The van der Waals surface area contributed by atoms with Crippen molar-refractivity contribution in [3.63, 3.8) is 0 Å². The fourth-order valence-electron chi connectivity index (χ4n) is 3.25. The van der Waals surface area contributed by atoms with Gasteiger partial charge in [-0.2, -0.15) is 0 Å². The van der Waals surface area contributed by atoms with Gasteiger partial charge in [0.15, 0.2) is 0 Å². The number of fused-ring (bicyclic) bond motifs is 1. The van der Waals surface area contributed by atoms with Gasteiger partial charge in [-0.3, -0.25) is 4.90 Å². The Bertz CT molecular complexity index is 398. The summed E-state index contributed by atoms with van der Waals surface area (Å²) in [6.45, 7) is 4.59. The van der Waals surface area contributed by atoms with E-state index in [1.165, 1.54) is 50.3 Å². The number of hydrogen-bond donors (Lipinski definition) is 0. The van der Waals surface area contributed by atoms with Crippen molar-refractivity contribution in [2.24, 2.45) is 0 Å². The van der Waals surface area contributed by atoms with Crippen molar-refractivity contribution in [3.8, 4) is 0 Å². The lowest BCUT2D eigenvalue weighted by Gasteiger charge is -2.32. The Morgan fingerprint density at radius 1 is 1.00 bits per heavy atom. The van der Waals surface area contributed by atoms with Gasteiger partial charge in [0, 0.05) is 12.5 Å². The van der Waals surface area contributed by atoms with E-state index in [1.807, 2.05) is 0 Å². The molecular formula is C13H22N4. The monoisotopic (exact) mass is 234 g/mol. The molecule has 0 radical (unpaired) electrons. The zero-order valence-corrected chi connectivity index (χ0v) is 10.9. The van der Waals surface area contributed by atoms with Crippen LogP contribution in [-0.2, 0) is 6.54 Å². The van der Waals surface area contributed by atoms with Crippen LogP contribution in [0.5, 0.6) is 0 Å². The molecule has 3 heterocycles. The molecule has 1 saturated heterocycles. The molecule has 1 aromatic rings. The fraction of sp³-hybridized carbons (Fsp3) is 0.846. The van der Waals surface area contributed by atoms with Gasteiger partial charge in [-0.15, -0.1) is 10.2 Å². The molecule has 2 unspecified atom stereocenters. The lowest BCUT2D eigenvalue weighted by atomic mass is 9.99. The predicted molar refractivity (Wildman–Crippen MR) is 66.9 cm³/mol. The Labute approximate surface area is 103 Å². The molecule has 1 fully saturated rings. The van der Waals surface area contributed by atoms with Crippen LogP contribution >= 0.6 is 0 Å². The summed E-state index contributed by atoms with van der Waals surface area (Å²) >= 11 is 0. The molecule has 0 N–H and O–H groups in total. The molecule has 17 heavy (non-hydrogen) atoms. The zero-order chi connectivity index (χ0) is 11.8. The highest BCUT2D eigenvalue weighted by molar-refractivity contribution is 5.08. The quantitative estimate of drug-likeness (QED) is 0.748. The van der Waals surface area contributed by atoms with Gasteiger partial charge in [-0.1, -0.05) is 13.3 Å². The van der Waals surface area contributed by atoms with Gasteiger partial charge in [0.2, 0.25) is 0 Å². The van der Waals surface area contributed by atoms with Crippen molar-refractivity contribution < 1.29 is 0 Å². The van der Waals surface area contributed by atoms with Crippen LogP contribution in [-0.4, -0.2) is 33.3 Å². The molecule has 4 nitrogen and oxygen atoms in total. The SMILES string of the molecule is CC1CCCn2c1nnc2C1CCCCN1C. The molecule has 94 valence electrons. The van der Waals surface area contributed by atoms with Gasteiger partial charge in [-0.25, -0.2) is 0 Å². The maximum atomic E-state index is 4.49.